The molecule has 0 aromatic heterocycles. The van der Waals surface area contributed by atoms with Crippen LogP contribution in [0.4, 0.5) is 5.69 Å². The highest BCUT2D eigenvalue weighted by Gasteiger charge is 2.14. The summed E-state index contributed by atoms with van der Waals surface area (Å²) in [6.45, 7) is 4.00. The first-order chi connectivity index (χ1) is 13.8. The standard InChI is InChI=1S/C18H15P.C6H7N.C2H6/c1-4-10-16(11-5-1)19(17-12-6-2-7-13-17)18-14-8-3-9-15-18;7-6-4-2-1-3-5-6;1-2/h1-15H;1-5H,7H2;1-2H3. The lowest BCUT2D eigenvalue weighted by Crippen LogP contribution is -2.20. The average molecular weight is 385 g/mol. The van der Waals surface area contributed by atoms with Gasteiger partial charge in [0.2, 0.25) is 0 Å². The Morgan fingerprint density at radius 2 is 0.679 bits per heavy atom. The van der Waals surface area contributed by atoms with E-state index in [1.165, 1.54) is 15.9 Å². The molecule has 4 aromatic rings. The van der Waals surface area contributed by atoms with Gasteiger partial charge in [-0.3, -0.25) is 0 Å². The Bertz CT molecular complexity index is 785. The molecule has 28 heavy (non-hydrogen) atoms. The van der Waals surface area contributed by atoms with Gasteiger partial charge in [-0.2, -0.15) is 0 Å². The Hall–Kier alpha value is -2.89. The summed E-state index contributed by atoms with van der Waals surface area (Å²) in [5.74, 6) is 0. The maximum Gasteiger partial charge on any atom is 0.0313 e. The lowest BCUT2D eigenvalue weighted by atomic mass is 10.3. The van der Waals surface area contributed by atoms with Crippen LogP contribution in [0, 0.1) is 0 Å². The predicted octanol–water partition coefficient (Wildman–Crippen LogP) is 5.74. The number of nitrogens with two attached hydrogens (primary N) is 1. The second-order valence-corrected chi connectivity index (χ2v) is 7.97. The summed E-state index contributed by atoms with van der Waals surface area (Å²) in [6.07, 6.45) is 0. The van der Waals surface area contributed by atoms with Crippen LogP contribution in [0.2, 0.25) is 0 Å². The number of hydrogen-bond donors (Lipinski definition) is 1. The van der Waals surface area contributed by atoms with Gasteiger partial charge in [0.05, 0.1) is 0 Å². The van der Waals surface area contributed by atoms with Gasteiger partial charge in [-0.1, -0.05) is 123 Å². The SMILES string of the molecule is CC.Nc1ccccc1.c1ccc(P(c2ccccc2)c2ccccc2)cc1. The van der Waals surface area contributed by atoms with E-state index in [-0.39, 0.29) is 0 Å². The summed E-state index contributed by atoms with van der Waals surface area (Å²) in [5, 5.41) is 4.19. The van der Waals surface area contributed by atoms with E-state index in [0.717, 1.165) is 5.69 Å². The van der Waals surface area contributed by atoms with Gasteiger partial charge in [0.25, 0.3) is 0 Å². The maximum atomic E-state index is 5.36. The van der Waals surface area contributed by atoms with Crippen LogP contribution in [0.15, 0.2) is 121 Å². The molecule has 1 nitrogen and oxygen atoms in total. The number of nitrogen functional groups attached to an aromatic ring is 1. The van der Waals surface area contributed by atoms with E-state index in [9.17, 15) is 0 Å². The van der Waals surface area contributed by atoms with E-state index in [4.69, 9.17) is 5.73 Å². The van der Waals surface area contributed by atoms with E-state index in [2.05, 4.69) is 91.0 Å². The van der Waals surface area contributed by atoms with Crippen molar-refractivity contribution >= 4 is 29.5 Å². The molecule has 0 saturated carbocycles. The van der Waals surface area contributed by atoms with Crippen molar-refractivity contribution in [3.8, 4) is 0 Å². The average Bonchev–Trinajstić information content (AvgIpc) is 2.79. The van der Waals surface area contributed by atoms with Gasteiger partial charge in [-0.15, -0.1) is 0 Å². The summed E-state index contributed by atoms with van der Waals surface area (Å²) in [5.41, 5.74) is 6.18. The first-order valence-electron chi connectivity index (χ1n) is 9.60. The lowest BCUT2D eigenvalue weighted by Gasteiger charge is -2.18. The number of para-hydroxylation sites is 1. The molecule has 0 fully saturated rings. The van der Waals surface area contributed by atoms with Gasteiger partial charge in [0, 0.05) is 5.69 Å². The molecular weight excluding hydrogens is 357 g/mol. The normalized spacial score (nSPS) is 9.54. The quantitative estimate of drug-likeness (QED) is 0.353. The van der Waals surface area contributed by atoms with Crippen molar-refractivity contribution in [1.29, 1.82) is 0 Å². The van der Waals surface area contributed by atoms with Gasteiger partial charge in [0.15, 0.2) is 0 Å². The van der Waals surface area contributed by atoms with E-state index in [1.807, 2.05) is 44.2 Å². The maximum absolute atomic E-state index is 5.36. The minimum atomic E-state index is -0.446. The van der Waals surface area contributed by atoms with E-state index >= 15 is 0 Å². The molecule has 0 unspecified atom stereocenters. The molecule has 0 saturated heterocycles. The zero-order valence-electron chi connectivity index (χ0n) is 16.6. The molecule has 0 heterocycles. The van der Waals surface area contributed by atoms with Crippen LogP contribution in [-0.4, -0.2) is 0 Å². The third kappa shape index (κ3) is 6.68. The fourth-order valence-electron chi connectivity index (χ4n) is 2.63. The van der Waals surface area contributed by atoms with Crippen LogP contribution in [0.25, 0.3) is 0 Å². The molecule has 2 heteroatoms. The number of anilines is 1. The molecule has 0 aliphatic carbocycles. The lowest BCUT2D eigenvalue weighted by molar-refractivity contribution is 1.50. The summed E-state index contributed by atoms with van der Waals surface area (Å²) >= 11 is 0. The molecule has 0 spiro atoms. The molecular formula is C26H28NP. The second-order valence-electron chi connectivity index (χ2n) is 5.75. The summed E-state index contributed by atoms with van der Waals surface area (Å²) in [4.78, 5) is 0. The molecule has 0 bridgehead atoms. The smallest absolute Gasteiger partial charge is 0.0313 e. The van der Waals surface area contributed by atoms with Crippen molar-refractivity contribution in [3.63, 3.8) is 0 Å². The first kappa shape index (κ1) is 21.4. The molecule has 0 aliphatic rings. The summed E-state index contributed by atoms with van der Waals surface area (Å²) in [6, 6.07) is 41.8. The molecule has 0 radical (unpaired) electrons. The van der Waals surface area contributed by atoms with Gasteiger partial charge >= 0.3 is 0 Å². The third-order valence-corrected chi connectivity index (χ3v) is 6.29. The molecule has 0 amide bonds. The zero-order valence-corrected chi connectivity index (χ0v) is 17.5. The minimum Gasteiger partial charge on any atom is -0.399 e. The van der Waals surface area contributed by atoms with E-state index in [1.54, 1.807) is 0 Å². The Morgan fingerprint density at radius 1 is 0.429 bits per heavy atom. The zero-order chi connectivity index (χ0) is 20.0. The monoisotopic (exact) mass is 385 g/mol. The van der Waals surface area contributed by atoms with Crippen LogP contribution in [-0.2, 0) is 0 Å². The van der Waals surface area contributed by atoms with Gasteiger partial charge in [-0.05, 0) is 36.0 Å². The summed E-state index contributed by atoms with van der Waals surface area (Å²) < 4.78 is 0. The molecule has 0 aliphatic heterocycles. The van der Waals surface area contributed by atoms with Crippen molar-refractivity contribution in [2.24, 2.45) is 0 Å². The molecule has 4 rings (SSSR count). The van der Waals surface area contributed by atoms with Crippen LogP contribution < -0.4 is 21.6 Å². The van der Waals surface area contributed by atoms with Crippen molar-refractivity contribution in [3.05, 3.63) is 121 Å². The fraction of sp³-hybridized carbons (Fsp3) is 0.0769. The summed E-state index contributed by atoms with van der Waals surface area (Å²) in [7, 11) is -0.446. The second kappa shape index (κ2) is 12.5. The fourth-order valence-corrected chi connectivity index (χ4v) is 4.94. The van der Waals surface area contributed by atoms with Crippen LogP contribution in [0.3, 0.4) is 0 Å². The molecule has 0 atom stereocenters. The van der Waals surface area contributed by atoms with Crippen LogP contribution in [0.5, 0.6) is 0 Å². The highest BCUT2D eigenvalue weighted by molar-refractivity contribution is 7.79. The highest BCUT2D eigenvalue weighted by atomic mass is 31.1. The Labute approximate surface area is 170 Å². The first-order valence-corrected chi connectivity index (χ1v) is 10.9. The van der Waals surface area contributed by atoms with Crippen LogP contribution >= 0.6 is 7.92 Å². The van der Waals surface area contributed by atoms with Gasteiger partial charge in [0.1, 0.15) is 0 Å². The topological polar surface area (TPSA) is 26.0 Å². The molecule has 142 valence electrons. The predicted molar refractivity (Wildman–Crippen MR) is 127 cm³/mol. The minimum absolute atomic E-state index is 0.446. The highest BCUT2D eigenvalue weighted by Crippen LogP contribution is 2.32. The number of hydrogen-bond acceptors (Lipinski definition) is 1. The largest absolute Gasteiger partial charge is 0.399 e. The third-order valence-electron chi connectivity index (χ3n) is 3.84. The van der Waals surface area contributed by atoms with Gasteiger partial charge < -0.3 is 5.73 Å². The number of rotatable bonds is 3. The number of benzene rings is 4. The van der Waals surface area contributed by atoms with Crippen molar-refractivity contribution in [2.45, 2.75) is 13.8 Å². The Balaban J connectivity index is 0.000000261. The molecule has 2 N–H and O–H groups in total. The van der Waals surface area contributed by atoms with Crippen molar-refractivity contribution < 1.29 is 0 Å². The van der Waals surface area contributed by atoms with E-state index < -0.39 is 7.92 Å². The Kier molecular flexibility index (Phi) is 9.55. The molecule has 4 aromatic carbocycles. The van der Waals surface area contributed by atoms with Crippen molar-refractivity contribution in [2.75, 3.05) is 5.73 Å². The van der Waals surface area contributed by atoms with E-state index in [0.29, 0.717) is 0 Å². The van der Waals surface area contributed by atoms with Crippen LogP contribution in [0.1, 0.15) is 13.8 Å². The van der Waals surface area contributed by atoms with Crippen molar-refractivity contribution in [1.82, 2.24) is 0 Å². The van der Waals surface area contributed by atoms with Gasteiger partial charge in [-0.25, -0.2) is 0 Å². The Morgan fingerprint density at radius 3 is 0.893 bits per heavy atom.